The van der Waals surface area contributed by atoms with Gasteiger partial charge in [-0.3, -0.25) is 4.79 Å². The number of aromatic nitrogens is 4. The fraction of sp³-hybridized carbons (Fsp3) is 0.600. The van der Waals surface area contributed by atoms with E-state index in [1.807, 2.05) is 11.4 Å². The monoisotopic (exact) mass is 334 g/mol. The Labute approximate surface area is 139 Å². The van der Waals surface area contributed by atoms with Crippen LogP contribution >= 0.6 is 11.3 Å². The Hall–Kier alpha value is -1.80. The molecule has 1 aliphatic rings. The van der Waals surface area contributed by atoms with Crippen molar-refractivity contribution in [3.63, 3.8) is 0 Å². The van der Waals surface area contributed by atoms with Gasteiger partial charge in [0.2, 0.25) is 0 Å². The third-order valence-electron chi connectivity index (χ3n) is 4.12. The van der Waals surface area contributed by atoms with Crippen LogP contribution in [0, 0.1) is 5.92 Å². The topological polar surface area (TPSA) is 75.9 Å². The summed E-state index contributed by atoms with van der Waals surface area (Å²) in [5.74, 6) is 0.737. The highest BCUT2D eigenvalue weighted by molar-refractivity contribution is 7.12. The van der Waals surface area contributed by atoms with Crippen molar-refractivity contribution in [1.29, 1.82) is 0 Å². The molecule has 23 heavy (non-hydrogen) atoms. The van der Waals surface area contributed by atoms with E-state index in [1.165, 1.54) is 48.3 Å². The van der Waals surface area contributed by atoms with Gasteiger partial charge in [-0.2, -0.15) is 4.68 Å². The minimum atomic E-state index is -0.0579. The third-order valence-corrected chi connectivity index (χ3v) is 5.03. The Bertz CT molecular complexity index is 626. The van der Waals surface area contributed by atoms with Crippen LogP contribution in [0.25, 0.3) is 5.69 Å². The number of tetrazole rings is 1. The molecule has 3 heterocycles. The summed E-state index contributed by atoms with van der Waals surface area (Å²) in [4.78, 5) is 15.5. The first kappa shape index (κ1) is 16.1. The summed E-state index contributed by atoms with van der Waals surface area (Å²) in [6.07, 6.45) is 5.10. The van der Waals surface area contributed by atoms with Gasteiger partial charge in [0.1, 0.15) is 11.2 Å². The van der Waals surface area contributed by atoms with E-state index in [2.05, 4.69) is 32.7 Å². The van der Waals surface area contributed by atoms with E-state index in [0.29, 0.717) is 11.4 Å². The van der Waals surface area contributed by atoms with Crippen molar-refractivity contribution in [2.45, 2.75) is 26.2 Å². The van der Waals surface area contributed by atoms with Gasteiger partial charge in [-0.15, -0.1) is 16.4 Å². The van der Waals surface area contributed by atoms with Crippen LogP contribution in [0.1, 0.15) is 35.9 Å². The molecule has 1 amide bonds. The molecule has 0 aliphatic carbocycles. The van der Waals surface area contributed by atoms with Gasteiger partial charge in [-0.25, -0.2) is 0 Å². The van der Waals surface area contributed by atoms with Gasteiger partial charge in [-0.1, -0.05) is 6.92 Å². The van der Waals surface area contributed by atoms with Crippen LogP contribution in [0.3, 0.4) is 0 Å². The fourth-order valence-electron chi connectivity index (χ4n) is 3.00. The lowest BCUT2D eigenvalue weighted by Crippen LogP contribution is -2.36. The van der Waals surface area contributed by atoms with Gasteiger partial charge in [0.25, 0.3) is 5.91 Å². The molecule has 1 N–H and O–H groups in total. The maximum absolute atomic E-state index is 12.3. The molecule has 0 aromatic carbocycles. The van der Waals surface area contributed by atoms with E-state index < -0.39 is 0 Å². The molecular formula is C15H22N6OS. The lowest BCUT2D eigenvalue weighted by atomic mass is 10.0. The van der Waals surface area contributed by atoms with Crippen molar-refractivity contribution in [1.82, 2.24) is 30.4 Å². The van der Waals surface area contributed by atoms with Crippen molar-refractivity contribution < 1.29 is 4.79 Å². The van der Waals surface area contributed by atoms with Crippen molar-refractivity contribution in [2.24, 2.45) is 5.92 Å². The summed E-state index contributed by atoms with van der Waals surface area (Å²) in [6.45, 7) is 6.42. The van der Waals surface area contributed by atoms with Crippen LogP contribution < -0.4 is 5.32 Å². The molecule has 0 bridgehead atoms. The number of thiophene rings is 1. The highest BCUT2D eigenvalue weighted by Crippen LogP contribution is 2.19. The number of piperidine rings is 1. The van der Waals surface area contributed by atoms with Gasteiger partial charge in [-0.05, 0) is 60.1 Å². The molecule has 1 aliphatic heterocycles. The number of carbonyl (C=O) groups is 1. The summed E-state index contributed by atoms with van der Waals surface area (Å²) >= 11 is 1.40. The number of rotatable bonds is 6. The van der Waals surface area contributed by atoms with E-state index in [-0.39, 0.29) is 5.91 Å². The number of nitrogens with zero attached hydrogens (tertiary/aromatic N) is 5. The summed E-state index contributed by atoms with van der Waals surface area (Å²) in [5.41, 5.74) is 0.724. The second-order valence-corrected chi connectivity index (χ2v) is 6.96. The quantitative estimate of drug-likeness (QED) is 0.812. The van der Waals surface area contributed by atoms with Gasteiger partial charge in [0.05, 0.1) is 5.69 Å². The fourth-order valence-corrected chi connectivity index (χ4v) is 3.79. The summed E-state index contributed by atoms with van der Waals surface area (Å²) in [6, 6.07) is 1.85. The molecule has 0 spiro atoms. The first-order chi connectivity index (χ1) is 11.2. The van der Waals surface area contributed by atoms with Crippen molar-refractivity contribution in [3.8, 4) is 5.69 Å². The van der Waals surface area contributed by atoms with Crippen LogP contribution in [0.15, 0.2) is 17.8 Å². The molecule has 8 heteroatoms. The van der Waals surface area contributed by atoms with E-state index in [1.54, 1.807) is 0 Å². The van der Waals surface area contributed by atoms with E-state index in [9.17, 15) is 4.79 Å². The number of hydrogen-bond acceptors (Lipinski definition) is 6. The second kappa shape index (κ2) is 7.65. The average molecular weight is 334 g/mol. The minimum Gasteiger partial charge on any atom is -0.351 e. The van der Waals surface area contributed by atoms with E-state index in [0.717, 1.165) is 24.6 Å². The van der Waals surface area contributed by atoms with Crippen molar-refractivity contribution in [3.05, 3.63) is 22.7 Å². The molecule has 2 aromatic rings. The van der Waals surface area contributed by atoms with Gasteiger partial charge >= 0.3 is 0 Å². The number of carbonyl (C=O) groups excluding carboxylic acids is 1. The van der Waals surface area contributed by atoms with Crippen LogP contribution in [0.4, 0.5) is 0 Å². The average Bonchev–Trinajstić information content (AvgIpc) is 3.21. The highest BCUT2D eigenvalue weighted by Gasteiger charge is 2.17. The molecule has 0 saturated carbocycles. The largest absolute Gasteiger partial charge is 0.351 e. The lowest BCUT2D eigenvalue weighted by molar-refractivity contribution is 0.0954. The van der Waals surface area contributed by atoms with Crippen LogP contribution in [-0.2, 0) is 0 Å². The second-order valence-electron chi connectivity index (χ2n) is 6.05. The zero-order valence-electron chi connectivity index (χ0n) is 13.3. The van der Waals surface area contributed by atoms with Crippen LogP contribution in [0.2, 0.25) is 0 Å². The Morgan fingerprint density at radius 2 is 2.43 bits per heavy atom. The first-order valence-corrected chi connectivity index (χ1v) is 8.93. The molecular weight excluding hydrogens is 312 g/mol. The molecule has 0 radical (unpaired) electrons. The molecule has 7 nitrogen and oxygen atoms in total. The molecule has 1 saturated heterocycles. The molecule has 124 valence electrons. The summed E-state index contributed by atoms with van der Waals surface area (Å²) in [5, 5.41) is 15.9. The number of hydrogen-bond donors (Lipinski definition) is 1. The standard InChI is InChI=1S/C15H22N6OS/c1-12-4-2-7-20(10-12)8-3-6-16-15(22)14-13(5-9-23-14)21-11-17-18-19-21/h5,9,11-12H,2-4,6-8,10H2,1H3,(H,16,22). The number of likely N-dealkylation sites (tertiary alicyclic amines) is 1. The minimum absolute atomic E-state index is 0.0579. The van der Waals surface area contributed by atoms with E-state index in [4.69, 9.17) is 0 Å². The molecule has 1 unspecified atom stereocenters. The van der Waals surface area contributed by atoms with Crippen molar-refractivity contribution >= 4 is 17.2 Å². The number of nitrogens with one attached hydrogen (secondary N) is 1. The van der Waals surface area contributed by atoms with Gasteiger partial charge in [0.15, 0.2) is 0 Å². The Balaban J connectivity index is 1.46. The highest BCUT2D eigenvalue weighted by atomic mass is 32.1. The van der Waals surface area contributed by atoms with Crippen molar-refractivity contribution in [2.75, 3.05) is 26.2 Å². The van der Waals surface area contributed by atoms with Gasteiger partial charge in [0, 0.05) is 13.1 Å². The van der Waals surface area contributed by atoms with Crippen LogP contribution in [-0.4, -0.2) is 57.2 Å². The van der Waals surface area contributed by atoms with Crippen LogP contribution in [0.5, 0.6) is 0 Å². The van der Waals surface area contributed by atoms with E-state index >= 15 is 0 Å². The first-order valence-electron chi connectivity index (χ1n) is 8.05. The molecule has 2 aromatic heterocycles. The molecule has 3 rings (SSSR count). The maximum atomic E-state index is 12.3. The predicted molar refractivity (Wildman–Crippen MR) is 88.8 cm³/mol. The maximum Gasteiger partial charge on any atom is 0.263 e. The zero-order valence-corrected chi connectivity index (χ0v) is 14.1. The predicted octanol–water partition coefficient (Wildman–Crippen LogP) is 1.58. The summed E-state index contributed by atoms with van der Waals surface area (Å²) in [7, 11) is 0. The zero-order chi connectivity index (χ0) is 16.1. The Kier molecular flexibility index (Phi) is 5.35. The third kappa shape index (κ3) is 4.14. The normalized spacial score (nSPS) is 18.9. The SMILES string of the molecule is CC1CCCN(CCCNC(=O)c2sccc2-n2cnnn2)C1. The Morgan fingerprint density at radius 3 is 3.22 bits per heavy atom. The molecule has 1 fully saturated rings. The lowest BCUT2D eigenvalue weighted by Gasteiger charge is -2.30. The Morgan fingerprint density at radius 1 is 1.52 bits per heavy atom. The summed E-state index contributed by atoms with van der Waals surface area (Å²) < 4.78 is 1.51. The smallest absolute Gasteiger partial charge is 0.263 e. The molecule has 1 atom stereocenters. The van der Waals surface area contributed by atoms with Gasteiger partial charge < -0.3 is 10.2 Å². The number of amides is 1.